The zero-order valence-corrected chi connectivity index (χ0v) is 11.9. The Labute approximate surface area is 113 Å². The van der Waals surface area contributed by atoms with Crippen LogP contribution in [0.1, 0.15) is 45.4 Å². The Morgan fingerprint density at radius 3 is 2.94 bits per heavy atom. The maximum atomic E-state index is 11.3. The predicted octanol–water partition coefficient (Wildman–Crippen LogP) is 1.91. The van der Waals surface area contributed by atoms with Crippen LogP contribution in [-0.2, 0) is 4.79 Å². The van der Waals surface area contributed by atoms with Crippen molar-refractivity contribution in [2.45, 2.75) is 51.0 Å². The molecule has 1 saturated carbocycles. The fourth-order valence-corrected chi connectivity index (χ4v) is 3.88. The molecule has 0 aromatic rings. The van der Waals surface area contributed by atoms with Crippen molar-refractivity contribution in [1.29, 1.82) is 0 Å². The highest BCUT2D eigenvalue weighted by atomic mass is 32.2. The first kappa shape index (κ1) is 13.7. The van der Waals surface area contributed by atoms with E-state index >= 15 is 0 Å². The van der Waals surface area contributed by atoms with Gasteiger partial charge in [-0.3, -0.25) is 9.79 Å². The molecule has 2 rings (SSSR count). The lowest BCUT2D eigenvalue weighted by Crippen LogP contribution is -2.45. The SMILES string of the molecule is CCNC(=O)CCN=C1NC2(CCCCC2)CS1. The molecule has 1 saturated heterocycles. The molecule has 0 bridgehead atoms. The van der Waals surface area contributed by atoms with Crippen molar-refractivity contribution in [1.82, 2.24) is 10.6 Å². The molecule has 1 heterocycles. The minimum absolute atomic E-state index is 0.0947. The van der Waals surface area contributed by atoms with Crippen LogP contribution in [0.3, 0.4) is 0 Å². The largest absolute Gasteiger partial charge is 0.359 e. The van der Waals surface area contributed by atoms with Gasteiger partial charge in [-0.2, -0.15) is 0 Å². The molecule has 0 unspecified atom stereocenters. The smallest absolute Gasteiger partial charge is 0.221 e. The van der Waals surface area contributed by atoms with Crippen molar-refractivity contribution in [3.05, 3.63) is 0 Å². The van der Waals surface area contributed by atoms with Crippen LogP contribution in [-0.4, -0.2) is 35.5 Å². The van der Waals surface area contributed by atoms with Gasteiger partial charge in [-0.25, -0.2) is 0 Å². The molecule has 1 aliphatic carbocycles. The highest BCUT2D eigenvalue weighted by Gasteiger charge is 2.37. The lowest BCUT2D eigenvalue weighted by molar-refractivity contribution is -0.120. The summed E-state index contributed by atoms with van der Waals surface area (Å²) in [5.74, 6) is 1.24. The van der Waals surface area contributed by atoms with Gasteiger partial charge in [0.2, 0.25) is 5.91 Å². The molecule has 18 heavy (non-hydrogen) atoms. The molecule has 4 nitrogen and oxygen atoms in total. The molecule has 0 radical (unpaired) electrons. The van der Waals surface area contributed by atoms with E-state index in [4.69, 9.17) is 0 Å². The second kappa shape index (κ2) is 6.45. The Kier molecular flexibility index (Phi) is 4.92. The number of nitrogens with zero attached hydrogens (tertiary/aromatic N) is 1. The van der Waals surface area contributed by atoms with Gasteiger partial charge >= 0.3 is 0 Å². The van der Waals surface area contributed by atoms with E-state index in [0.717, 1.165) is 10.9 Å². The van der Waals surface area contributed by atoms with Crippen molar-refractivity contribution in [2.75, 3.05) is 18.8 Å². The first-order valence-electron chi connectivity index (χ1n) is 6.96. The van der Waals surface area contributed by atoms with Crippen LogP contribution < -0.4 is 10.6 Å². The molecule has 5 heteroatoms. The Morgan fingerprint density at radius 1 is 1.44 bits per heavy atom. The first-order valence-corrected chi connectivity index (χ1v) is 7.95. The van der Waals surface area contributed by atoms with Gasteiger partial charge in [0.05, 0.1) is 6.54 Å². The summed E-state index contributed by atoms with van der Waals surface area (Å²) in [7, 11) is 0. The Balaban J connectivity index is 1.76. The maximum absolute atomic E-state index is 11.3. The van der Waals surface area contributed by atoms with Crippen molar-refractivity contribution in [2.24, 2.45) is 4.99 Å². The van der Waals surface area contributed by atoms with E-state index in [1.165, 1.54) is 32.1 Å². The second-order valence-electron chi connectivity index (χ2n) is 5.15. The van der Waals surface area contributed by atoms with Gasteiger partial charge in [0, 0.05) is 24.3 Å². The zero-order valence-electron chi connectivity index (χ0n) is 11.1. The van der Waals surface area contributed by atoms with E-state index in [1.54, 1.807) is 0 Å². The van der Waals surface area contributed by atoms with E-state index in [0.29, 0.717) is 25.0 Å². The van der Waals surface area contributed by atoms with Crippen LogP contribution in [0.5, 0.6) is 0 Å². The summed E-state index contributed by atoms with van der Waals surface area (Å²) in [5, 5.41) is 7.43. The molecule has 2 aliphatic rings. The lowest BCUT2D eigenvalue weighted by Gasteiger charge is -2.32. The number of amidine groups is 1. The number of aliphatic imine (C=N–C) groups is 1. The molecule has 1 aliphatic heterocycles. The van der Waals surface area contributed by atoms with Crippen molar-refractivity contribution in [3.63, 3.8) is 0 Å². The third kappa shape index (κ3) is 3.64. The predicted molar refractivity (Wildman–Crippen MR) is 77.0 cm³/mol. The fraction of sp³-hybridized carbons (Fsp3) is 0.846. The van der Waals surface area contributed by atoms with Gasteiger partial charge < -0.3 is 10.6 Å². The normalized spacial score (nSPS) is 24.2. The molecule has 102 valence electrons. The van der Waals surface area contributed by atoms with Gasteiger partial charge in [-0.05, 0) is 19.8 Å². The van der Waals surface area contributed by atoms with Crippen LogP contribution in [0.2, 0.25) is 0 Å². The number of thioether (sulfide) groups is 1. The van der Waals surface area contributed by atoms with E-state index in [9.17, 15) is 4.79 Å². The van der Waals surface area contributed by atoms with E-state index in [2.05, 4.69) is 15.6 Å². The van der Waals surface area contributed by atoms with Crippen LogP contribution in [0.15, 0.2) is 4.99 Å². The topological polar surface area (TPSA) is 53.5 Å². The van der Waals surface area contributed by atoms with Crippen molar-refractivity contribution >= 4 is 22.8 Å². The monoisotopic (exact) mass is 269 g/mol. The summed E-state index contributed by atoms with van der Waals surface area (Å²) in [6.07, 6.45) is 7.08. The minimum Gasteiger partial charge on any atom is -0.359 e. The van der Waals surface area contributed by atoms with Gasteiger partial charge in [0.1, 0.15) is 0 Å². The van der Waals surface area contributed by atoms with Crippen LogP contribution in [0.4, 0.5) is 0 Å². The van der Waals surface area contributed by atoms with Crippen LogP contribution >= 0.6 is 11.8 Å². The van der Waals surface area contributed by atoms with Crippen LogP contribution in [0.25, 0.3) is 0 Å². The molecule has 0 aromatic carbocycles. The third-order valence-corrected chi connectivity index (χ3v) is 4.84. The minimum atomic E-state index is 0.0947. The van der Waals surface area contributed by atoms with Crippen molar-refractivity contribution < 1.29 is 4.79 Å². The summed E-state index contributed by atoms with van der Waals surface area (Å²) in [6.45, 7) is 3.23. The number of carbonyl (C=O) groups excluding carboxylic acids is 1. The standard InChI is InChI=1S/C13H23N3OS/c1-2-14-11(17)6-9-15-12-16-13(10-18-12)7-4-3-5-8-13/h2-10H2,1H3,(H,14,17)(H,15,16). The van der Waals surface area contributed by atoms with Gasteiger partial charge in [0.25, 0.3) is 0 Å². The Morgan fingerprint density at radius 2 is 2.22 bits per heavy atom. The Hall–Kier alpha value is -0.710. The lowest BCUT2D eigenvalue weighted by atomic mass is 9.83. The molecule has 1 amide bonds. The quantitative estimate of drug-likeness (QED) is 0.819. The molecule has 2 N–H and O–H groups in total. The molecule has 0 atom stereocenters. The number of hydrogen-bond acceptors (Lipinski definition) is 3. The second-order valence-corrected chi connectivity index (χ2v) is 6.11. The third-order valence-electron chi connectivity index (χ3n) is 3.64. The van der Waals surface area contributed by atoms with Gasteiger partial charge in [-0.1, -0.05) is 31.0 Å². The number of amides is 1. The number of nitrogens with one attached hydrogen (secondary N) is 2. The Bertz CT molecular complexity index is 324. The van der Waals surface area contributed by atoms with Gasteiger partial charge in [-0.15, -0.1) is 0 Å². The van der Waals surface area contributed by atoms with E-state index < -0.39 is 0 Å². The van der Waals surface area contributed by atoms with Crippen LogP contribution in [0, 0.1) is 0 Å². The molecular formula is C13H23N3OS. The highest BCUT2D eigenvalue weighted by molar-refractivity contribution is 8.14. The zero-order chi connectivity index (χ0) is 12.8. The molecule has 1 spiro atoms. The molecule has 2 fully saturated rings. The van der Waals surface area contributed by atoms with Crippen molar-refractivity contribution in [3.8, 4) is 0 Å². The summed E-state index contributed by atoms with van der Waals surface area (Å²) in [4.78, 5) is 15.8. The summed E-state index contributed by atoms with van der Waals surface area (Å²) < 4.78 is 0. The van der Waals surface area contributed by atoms with Gasteiger partial charge in [0.15, 0.2) is 5.17 Å². The summed E-state index contributed by atoms with van der Waals surface area (Å²) in [6, 6.07) is 0. The molecular weight excluding hydrogens is 246 g/mol. The highest BCUT2D eigenvalue weighted by Crippen LogP contribution is 2.36. The summed E-state index contributed by atoms with van der Waals surface area (Å²) in [5.41, 5.74) is 0.313. The summed E-state index contributed by atoms with van der Waals surface area (Å²) >= 11 is 1.82. The average Bonchev–Trinajstić information content (AvgIpc) is 2.74. The number of hydrogen-bond donors (Lipinski definition) is 2. The average molecular weight is 269 g/mol. The van der Waals surface area contributed by atoms with E-state index in [1.807, 2.05) is 18.7 Å². The number of rotatable bonds is 4. The molecule has 0 aromatic heterocycles. The first-order chi connectivity index (χ1) is 8.74. The maximum Gasteiger partial charge on any atom is 0.221 e. The van der Waals surface area contributed by atoms with E-state index in [-0.39, 0.29) is 5.91 Å². The number of carbonyl (C=O) groups is 1. The fourth-order valence-electron chi connectivity index (χ4n) is 2.63.